The number of ether oxygens (including phenoxy) is 3. The Balaban J connectivity index is 1.15. The maximum absolute atomic E-state index is 12.8. The first kappa shape index (κ1) is 20.3. The molecule has 1 N–H and O–H groups in total. The average Bonchev–Trinajstić information content (AvgIpc) is 3.12. The van der Waals surface area contributed by atoms with E-state index in [2.05, 4.69) is 41.4 Å². The van der Waals surface area contributed by atoms with Crippen LogP contribution >= 0.6 is 0 Å². The number of carbonyl (C=O) groups excluding carboxylic acids is 1. The van der Waals surface area contributed by atoms with E-state index in [1.165, 1.54) is 18.5 Å². The van der Waals surface area contributed by atoms with Gasteiger partial charge in [0.2, 0.25) is 0 Å². The molecule has 5 rings (SSSR count). The molecule has 2 aromatic rings. The quantitative estimate of drug-likeness (QED) is 0.775. The van der Waals surface area contributed by atoms with Gasteiger partial charge in [-0.25, -0.2) is 0 Å². The molecule has 2 saturated heterocycles. The number of benzene rings is 2. The topological polar surface area (TPSA) is 60.0 Å². The van der Waals surface area contributed by atoms with Gasteiger partial charge in [0, 0.05) is 24.7 Å². The van der Waals surface area contributed by atoms with E-state index in [1.54, 1.807) is 6.07 Å². The summed E-state index contributed by atoms with van der Waals surface area (Å²) in [6.45, 7) is 6.77. The number of nitrogens with one attached hydrogen (secondary N) is 1. The fourth-order valence-electron chi connectivity index (χ4n) is 4.76. The average molecular weight is 423 g/mol. The zero-order valence-corrected chi connectivity index (χ0v) is 18.0. The fraction of sp³-hybridized carbons (Fsp3) is 0.480. The molecule has 4 atom stereocenters. The van der Waals surface area contributed by atoms with E-state index in [-0.39, 0.29) is 18.1 Å². The summed E-state index contributed by atoms with van der Waals surface area (Å²) < 4.78 is 17.7. The van der Waals surface area contributed by atoms with Crippen LogP contribution in [-0.2, 0) is 11.3 Å². The van der Waals surface area contributed by atoms with Crippen LogP contribution in [-0.4, -0.2) is 55.8 Å². The Kier molecular flexibility index (Phi) is 5.83. The van der Waals surface area contributed by atoms with Crippen LogP contribution in [0.25, 0.3) is 0 Å². The summed E-state index contributed by atoms with van der Waals surface area (Å²) >= 11 is 0. The Labute approximate surface area is 183 Å². The number of hydrogen-bond donors (Lipinski definition) is 1. The molecule has 0 aliphatic carbocycles. The number of piperidine rings is 1. The molecule has 31 heavy (non-hydrogen) atoms. The molecule has 164 valence electrons. The van der Waals surface area contributed by atoms with Gasteiger partial charge in [0.1, 0.15) is 6.61 Å². The van der Waals surface area contributed by atoms with E-state index in [0.717, 1.165) is 31.0 Å². The van der Waals surface area contributed by atoms with Crippen LogP contribution in [0, 0.1) is 12.8 Å². The van der Waals surface area contributed by atoms with Crippen molar-refractivity contribution >= 4 is 5.91 Å². The molecule has 2 aromatic carbocycles. The number of rotatable bonds is 6. The zero-order chi connectivity index (χ0) is 21.2. The van der Waals surface area contributed by atoms with E-state index < -0.39 is 0 Å². The predicted molar refractivity (Wildman–Crippen MR) is 118 cm³/mol. The molecule has 6 nitrogen and oxygen atoms in total. The minimum absolute atomic E-state index is 0.0448. The molecule has 0 saturated carbocycles. The number of carbonyl (C=O) groups is 1. The van der Waals surface area contributed by atoms with Crippen molar-refractivity contribution in [1.29, 1.82) is 0 Å². The Bertz CT molecular complexity index is 918. The Morgan fingerprint density at radius 3 is 2.87 bits per heavy atom. The number of hydrogen-bond acceptors (Lipinski definition) is 5. The van der Waals surface area contributed by atoms with Gasteiger partial charge < -0.3 is 24.4 Å². The van der Waals surface area contributed by atoms with E-state index >= 15 is 0 Å². The summed E-state index contributed by atoms with van der Waals surface area (Å²) in [7, 11) is 0. The maximum atomic E-state index is 12.8. The maximum Gasteiger partial charge on any atom is 0.251 e. The molecule has 1 amide bonds. The Morgan fingerprint density at radius 1 is 1.16 bits per heavy atom. The normalized spacial score (nSPS) is 26.5. The molecule has 2 fully saturated rings. The monoisotopic (exact) mass is 422 g/mol. The third-order valence-corrected chi connectivity index (χ3v) is 6.42. The van der Waals surface area contributed by atoms with Crippen molar-refractivity contribution < 1.29 is 19.0 Å². The van der Waals surface area contributed by atoms with Crippen LogP contribution in [0.4, 0.5) is 0 Å². The van der Waals surface area contributed by atoms with Crippen LogP contribution in [0.5, 0.6) is 11.5 Å². The second-order valence-corrected chi connectivity index (χ2v) is 9.03. The largest absolute Gasteiger partial charge is 0.486 e. The second kappa shape index (κ2) is 8.89. The van der Waals surface area contributed by atoms with Crippen molar-refractivity contribution in [3.63, 3.8) is 0 Å². The van der Waals surface area contributed by atoms with Gasteiger partial charge in [0.15, 0.2) is 17.6 Å². The van der Waals surface area contributed by atoms with Crippen LogP contribution in [0.15, 0.2) is 42.5 Å². The van der Waals surface area contributed by atoms with Crippen molar-refractivity contribution in [2.45, 2.75) is 38.5 Å². The molecular weight excluding hydrogens is 392 g/mol. The number of amides is 1. The van der Waals surface area contributed by atoms with E-state index in [9.17, 15) is 4.79 Å². The number of nitrogens with zero attached hydrogens (tertiary/aromatic N) is 1. The standard InChI is InChI=1S/C25H30N2O4/c1-17-2-4-18(5-3-17)14-29-15-22-16-30-23-7-6-20(11-24(23)31-22)25(28)26-21-10-19-8-9-27(12-19)13-21/h2-7,11,19,21-22H,8-10,12-16H2,1H3,(H,26,28)/t19-,21+,22-/m0/s1. The summed E-state index contributed by atoms with van der Waals surface area (Å²) in [6, 6.07) is 13.9. The molecule has 3 aliphatic heterocycles. The summed E-state index contributed by atoms with van der Waals surface area (Å²) in [5.41, 5.74) is 2.98. The summed E-state index contributed by atoms with van der Waals surface area (Å²) in [5.74, 6) is 1.96. The van der Waals surface area contributed by atoms with Gasteiger partial charge in [0.25, 0.3) is 5.91 Å². The molecule has 0 spiro atoms. The van der Waals surface area contributed by atoms with Crippen LogP contribution in [0.3, 0.4) is 0 Å². The first-order valence-electron chi connectivity index (χ1n) is 11.2. The molecule has 0 aromatic heterocycles. The van der Waals surface area contributed by atoms with E-state index in [1.807, 2.05) is 12.1 Å². The molecule has 3 heterocycles. The predicted octanol–water partition coefficient (Wildman–Crippen LogP) is 3.18. The smallest absolute Gasteiger partial charge is 0.251 e. The lowest BCUT2D eigenvalue weighted by Gasteiger charge is -2.30. The van der Waals surface area contributed by atoms with Gasteiger partial charge in [-0.2, -0.15) is 0 Å². The highest BCUT2D eigenvalue weighted by atomic mass is 16.6. The van der Waals surface area contributed by atoms with Gasteiger partial charge in [-0.3, -0.25) is 4.79 Å². The third kappa shape index (κ3) is 4.86. The highest BCUT2D eigenvalue weighted by Crippen LogP contribution is 2.33. The Hall–Kier alpha value is -2.57. The van der Waals surface area contributed by atoms with Crippen LogP contribution < -0.4 is 14.8 Å². The number of fused-ring (bicyclic) bond motifs is 3. The molecule has 6 heteroatoms. The van der Waals surface area contributed by atoms with Gasteiger partial charge in [0.05, 0.1) is 13.2 Å². The van der Waals surface area contributed by atoms with Crippen molar-refractivity contribution in [2.24, 2.45) is 5.92 Å². The van der Waals surface area contributed by atoms with Crippen LogP contribution in [0.2, 0.25) is 0 Å². The van der Waals surface area contributed by atoms with Gasteiger partial charge in [-0.15, -0.1) is 0 Å². The van der Waals surface area contributed by atoms with Gasteiger partial charge in [-0.05, 0) is 56.0 Å². The van der Waals surface area contributed by atoms with Crippen molar-refractivity contribution in [3.05, 3.63) is 59.2 Å². The summed E-state index contributed by atoms with van der Waals surface area (Å²) in [5, 5.41) is 3.21. The summed E-state index contributed by atoms with van der Waals surface area (Å²) in [6.07, 6.45) is 2.13. The van der Waals surface area contributed by atoms with Gasteiger partial charge in [-0.1, -0.05) is 29.8 Å². The van der Waals surface area contributed by atoms with Gasteiger partial charge >= 0.3 is 0 Å². The van der Waals surface area contributed by atoms with Crippen LogP contribution in [0.1, 0.15) is 34.3 Å². The van der Waals surface area contributed by atoms with Crippen molar-refractivity contribution in [3.8, 4) is 11.5 Å². The first-order valence-corrected chi connectivity index (χ1v) is 11.2. The van der Waals surface area contributed by atoms with E-state index in [4.69, 9.17) is 14.2 Å². The molecule has 1 unspecified atom stereocenters. The molecular formula is C25H30N2O4. The first-order chi connectivity index (χ1) is 15.1. The highest BCUT2D eigenvalue weighted by molar-refractivity contribution is 5.95. The minimum atomic E-state index is -0.196. The Morgan fingerprint density at radius 2 is 2.03 bits per heavy atom. The zero-order valence-electron chi connectivity index (χ0n) is 18.0. The van der Waals surface area contributed by atoms with E-state index in [0.29, 0.717) is 36.9 Å². The highest BCUT2D eigenvalue weighted by Gasteiger charge is 2.33. The lowest BCUT2D eigenvalue weighted by molar-refractivity contribution is 0.00267. The molecule has 3 aliphatic rings. The SMILES string of the molecule is Cc1ccc(COC[C@H]2COc3ccc(C(=O)N[C@@H]4C[C@@H]5CCN(C5)C4)cc3O2)cc1. The second-order valence-electron chi connectivity index (χ2n) is 9.03. The lowest BCUT2D eigenvalue weighted by atomic mass is 9.96. The third-order valence-electron chi connectivity index (χ3n) is 6.42. The fourth-order valence-corrected chi connectivity index (χ4v) is 4.76. The summed E-state index contributed by atoms with van der Waals surface area (Å²) in [4.78, 5) is 15.3. The molecule has 0 radical (unpaired) electrons. The van der Waals surface area contributed by atoms with Crippen molar-refractivity contribution in [1.82, 2.24) is 10.2 Å². The minimum Gasteiger partial charge on any atom is -0.486 e. The van der Waals surface area contributed by atoms with Crippen molar-refractivity contribution in [2.75, 3.05) is 32.8 Å². The number of aryl methyl sites for hydroxylation is 1. The molecule has 2 bridgehead atoms. The lowest BCUT2D eigenvalue weighted by Crippen LogP contribution is -2.47.